The van der Waals surface area contributed by atoms with E-state index in [1.54, 1.807) is 6.07 Å². The third-order valence-corrected chi connectivity index (χ3v) is 2.66. The van der Waals surface area contributed by atoms with Crippen LogP contribution in [-0.2, 0) is 6.18 Å². The fraction of sp³-hybridized carbons (Fsp3) is 0.0714. The van der Waals surface area contributed by atoms with Gasteiger partial charge in [-0.3, -0.25) is 0 Å². The predicted molar refractivity (Wildman–Crippen MR) is 65.8 cm³/mol. The van der Waals surface area contributed by atoms with Gasteiger partial charge in [0.15, 0.2) is 0 Å². The Bertz CT molecular complexity index is 716. The molecule has 0 fully saturated rings. The zero-order chi connectivity index (χ0) is 15.6. The summed E-state index contributed by atoms with van der Waals surface area (Å²) < 4.78 is 64.6. The predicted octanol–water partition coefficient (Wildman–Crippen LogP) is 4.60. The number of rotatable bonds is 2. The summed E-state index contributed by atoms with van der Waals surface area (Å²) in [7, 11) is 0. The van der Waals surface area contributed by atoms with Gasteiger partial charge in [-0.15, -0.1) is 0 Å². The van der Waals surface area contributed by atoms with Gasteiger partial charge in [0.25, 0.3) is 0 Å². The molecule has 0 saturated heterocycles. The first-order chi connectivity index (χ1) is 9.81. The molecule has 0 aliphatic rings. The fourth-order valence-corrected chi connectivity index (χ4v) is 1.64. The molecule has 0 aliphatic carbocycles. The van der Waals surface area contributed by atoms with Gasteiger partial charge in [0, 0.05) is 5.69 Å². The minimum absolute atomic E-state index is 0.0322. The lowest BCUT2D eigenvalue weighted by molar-refractivity contribution is -0.137. The van der Waals surface area contributed by atoms with Gasteiger partial charge in [-0.1, -0.05) is 0 Å². The van der Waals surface area contributed by atoms with E-state index in [1.165, 1.54) is 6.07 Å². The van der Waals surface area contributed by atoms with Crippen molar-refractivity contribution in [3.63, 3.8) is 0 Å². The Morgan fingerprint density at radius 3 is 2.24 bits per heavy atom. The maximum atomic E-state index is 13.5. The minimum Gasteiger partial charge on any atom is -0.353 e. The third kappa shape index (κ3) is 3.28. The summed E-state index contributed by atoms with van der Waals surface area (Å²) in [6.07, 6.45) is -4.61. The second kappa shape index (κ2) is 5.40. The number of hydrogen-bond acceptors (Lipinski definition) is 2. The van der Waals surface area contributed by atoms with E-state index in [9.17, 15) is 22.0 Å². The molecule has 0 bridgehead atoms. The molecule has 0 heterocycles. The Balaban J connectivity index is 2.35. The summed E-state index contributed by atoms with van der Waals surface area (Å²) in [4.78, 5) is 0. The highest BCUT2D eigenvalue weighted by molar-refractivity contribution is 5.62. The van der Waals surface area contributed by atoms with Gasteiger partial charge in [0.2, 0.25) is 0 Å². The number of alkyl halides is 3. The number of benzene rings is 2. The summed E-state index contributed by atoms with van der Waals surface area (Å²) in [5, 5.41) is 10.9. The quantitative estimate of drug-likeness (QED) is 0.822. The first-order valence-electron chi connectivity index (χ1n) is 5.64. The maximum Gasteiger partial charge on any atom is 0.416 e. The van der Waals surface area contributed by atoms with Crippen LogP contribution in [0.4, 0.5) is 33.3 Å². The Kier molecular flexibility index (Phi) is 3.80. The molecule has 0 amide bonds. The first-order valence-corrected chi connectivity index (χ1v) is 5.64. The van der Waals surface area contributed by atoms with E-state index in [1.807, 2.05) is 0 Å². The summed E-state index contributed by atoms with van der Waals surface area (Å²) in [5.41, 5.74) is -1.65. The molecule has 0 unspecified atom stereocenters. The van der Waals surface area contributed by atoms with Crippen LogP contribution in [0.5, 0.6) is 0 Å². The van der Waals surface area contributed by atoms with Crippen molar-refractivity contribution in [1.29, 1.82) is 5.26 Å². The van der Waals surface area contributed by atoms with Crippen molar-refractivity contribution in [3.05, 3.63) is 59.2 Å². The summed E-state index contributed by atoms with van der Waals surface area (Å²) in [6.45, 7) is 0. The molecule has 2 aromatic carbocycles. The highest BCUT2D eigenvalue weighted by Crippen LogP contribution is 2.32. The number of nitrogens with zero attached hydrogens (tertiary/aromatic N) is 1. The summed E-state index contributed by atoms with van der Waals surface area (Å²) in [5.74, 6) is -1.76. The van der Waals surface area contributed by atoms with Crippen LogP contribution in [0.15, 0.2) is 36.4 Å². The van der Waals surface area contributed by atoms with Crippen LogP contribution in [0.2, 0.25) is 0 Å². The smallest absolute Gasteiger partial charge is 0.353 e. The molecular weight excluding hydrogens is 291 g/mol. The zero-order valence-electron chi connectivity index (χ0n) is 10.3. The molecule has 2 aromatic rings. The third-order valence-electron chi connectivity index (χ3n) is 2.66. The molecule has 1 N–H and O–H groups in total. The second-order valence-electron chi connectivity index (χ2n) is 4.12. The molecule has 0 radical (unpaired) electrons. The minimum atomic E-state index is -4.61. The summed E-state index contributed by atoms with van der Waals surface area (Å²) >= 11 is 0. The molecule has 0 aliphatic heterocycles. The van der Waals surface area contributed by atoms with Crippen molar-refractivity contribution in [2.24, 2.45) is 0 Å². The van der Waals surface area contributed by atoms with Gasteiger partial charge < -0.3 is 5.32 Å². The van der Waals surface area contributed by atoms with Crippen LogP contribution >= 0.6 is 0 Å². The Labute approximate surface area is 116 Å². The topological polar surface area (TPSA) is 35.8 Å². The molecule has 21 heavy (non-hydrogen) atoms. The lowest BCUT2D eigenvalue weighted by Gasteiger charge is -2.12. The lowest BCUT2D eigenvalue weighted by atomic mass is 10.1. The van der Waals surface area contributed by atoms with Gasteiger partial charge in [0.05, 0.1) is 16.8 Å². The molecule has 0 aromatic heterocycles. The Hall–Kier alpha value is -2.62. The number of hydrogen-bond donors (Lipinski definition) is 1. The number of anilines is 2. The number of halogens is 5. The van der Waals surface area contributed by atoms with Crippen LogP contribution < -0.4 is 5.32 Å². The van der Waals surface area contributed by atoms with E-state index >= 15 is 0 Å². The monoisotopic (exact) mass is 298 g/mol. The van der Waals surface area contributed by atoms with Gasteiger partial charge in [-0.2, -0.15) is 18.4 Å². The first kappa shape index (κ1) is 14.8. The molecule has 0 spiro atoms. The molecule has 0 atom stereocenters. The van der Waals surface area contributed by atoms with Crippen molar-refractivity contribution >= 4 is 11.4 Å². The van der Waals surface area contributed by atoms with Crippen molar-refractivity contribution in [3.8, 4) is 6.07 Å². The number of nitrogens with one attached hydrogen (secondary N) is 1. The largest absolute Gasteiger partial charge is 0.416 e. The van der Waals surface area contributed by atoms with E-state index < -0.39 is 29.1 Å². The molecule has 0 saturated carbocycles. The Morgan fingerprint density at radius 2 is 1.67 bits per heavy atom. The van der Waals surface area contributed by atoms with Crippen molar-refractivity contribution in [1.82, 2.24) is 0 Å². The van der Waals surface area contributed by atoms with Crippen LogP contribution in [0.25, 0.3) is 0 Å². The summed E-state index contributed by atoms with van der Waals surface area (Å²) in [6, 6.07) is 6.78. The second-order valence-corrected chi connectivity index (χ2v) is 4.12. The average molecular weight is 298 g/mol. The van der Waals surface area contributed by atoms with E-state index in [4.69, 9.17) is 5.26 Å². The normalized spacial score (nSPS) is 11.0. The van der Waals surface area contributed by atoms with Crippen molar-refractivity contribution < 1.29 is 22.0 Å². The molecule has 108 valence electrons. The molecular formula is C14H7F5N2. The molecule has 2 nitrogen and oxygen atoms in total. The SMILES string of the molecule is N#Cc1ccc(Nc2cc(C(F)(F)F)ccc2F)cc1F. The van der Waals surface area contributed by atoms with Crippen LogP contribution in [0.3, 0.4) is 0 Å². The van der Waals surface area contributed by atoms with E-state index in [0.29, 0.717) is 18.2 Å². The van der Waals surface area contributed by atoms with Crippen molar-refractivity contribution in [2.75, 3.05) is 5.32 Å². The standard InChI is InChI=1S/C14H7F5N2/c15-11-4-2-9(14(17,18)19)5-13(11)21-10-3-1-8(7-20)12(16)6-10/h1-6,21H. The van der Waals surface area contributed by atoms with E-state index in [0.717, 1.165) is 12.1 Å². The van der Waals surface area contributed by atoms with Gasteiger partial charge in [-0.25, -0.2) is 8.78 Å². The van der Waals surface area contributed by atoms with Crippen LogP contribution in [-0.4, -0.2) is 0 Å². The van der Waals surface area contributed by atoms with Crippen LogP contribution in [0, 0.1) is 23.0 Å². The van der Waals surface area contributed by atoms with E-state index in [2.05, 4.69) is 5.32 Å². The lowest BCUT2D eigenvalue weighted by Crippen LogP contribution is -2.06. The average Bonchev–Trinajstić information content (AvgIpc) is 2.40. The van der Waals surface area contributed by atoms with Gasteiger partial charge >= 0.3 is 6.18 Å². The van der Waals surface area contributed by atoms with E-state index in [-0.39, 0.29) is 11.3 Å². The molecule has 2 rings (SSSR count). The zero-order valence-corrected chi connectivity index (χ0v) is 10.3. The fourth-order valence-electron chi connectivity index (χ4n) is 1.64. The van der Waals surface area contributed by atoms with Crippen molar-refractivity contribution in [2.45, 2.75) is 6.18 Å². The maximum absolute atomic E-state index is 13.5. The highest BCUT2D eigenvalue weighted by Gasteiger charge is 2.31. The van der Waals surface area contributed by atoms with Gasteiger partial charge in [0.1, 0.15) is 17.7 Å². The van der Waals surface area contributed by atoms with Gasteiger partial charge in [-0.05, 0) is 36.4 Å². The molecule has 7 heteroatoms. The van der Waals surface area contributed by atoms with Crippen LogP contribution in [0.1, 0.15) is 11.1 Å². The Morgan fingerprint density at radius 1 is 0.952 bits per heavy atom. The highest BCUT2D eigenvalue weighted by atomic mass is 19.4. The number of nitriles is 1.